The van der Waals surface area contributed by atoms with Crippen molar-refractivity contribution in [3.05, 3.63) is 227 Å². The van der Waals surface area contributed by atoms with Crippen LogP contribution < -0.4 is 0 Å². The summed E-state index contributed by atoms with van der Waals surface area (Å²) in [5.74, 6) is 2.04. The highest BCUT2D eigenvalue weighted by molar-refractivity contribution is 9.11. The third-order valence-corrected chi connectivity index (χ3v) is 19.0. The molecule has 84 heavy (non-hydrogen) atoms. The predicted molar refractivity (Wildman–Crippen MR) is 351 cm³/mol. The van der Waals surface area contributed by atoms with E-state index >= 15 is 0 Å². The molecule has 0 amide bonds. The maximum absolute atomic E-state index is 4.99. The molecule has 3 unspecified atom stereocenters. The van der Waals surface area contributed by atoms with Crippen LogP contribution in [0.4, 0.5) is 0 Å². The number of likely N-dealkylation sites (N-methyl/N-ethyl adjacent to an activating group) is 3. The van der Waals surface area contributed by atoms with E-state index in [2.05, 4.69) is 260 Å². The second kappa shape index (κ2) is 25.9. The van der Waals surface area contributed by atoms with Gasteiger partial charge in [-0.25, -0.2) is 9.97 Å². The average molecular weight is 1310 g/mol. The second-order valence-corrected chi connectivity index (χ2v) is 26.0. The molecule has 5 aromatic heterocycles. The smallest absolute Gasteiger partial charge is 0.105 e. The van der Waals surface area contributed by atoms with E-state index in [0.29, 0.717) is 0 Å². The molecule has 6 aliphatic rings. The number of fused-ring (bicyclic) bond motifs is 6. The van der Waals surface area contributed by atoms with E-state index in [1.165, 1.54) is 72.5 Å². The number of hydrogen-bond acceptors (Lipinski definition) is 11. The van der Waals surface area contributed by atoms with Gasteiger partial charge in [-0.2, -0.15) is 0 Å². The lowest BCUT2D eigenvalue weighted by atomic mass is 9.95. The van der Waals surface area contributed by atoms with Crippen LogP contribution in [0.3, 0.4) is 0 Å². The molecule has 0 saturated carbocycles. The number of pyridine rings is 3. The monoisotopic (exact) mass is 1310 g/mol. The molecule has 3 atom stereocenters. The Hall–Kier alpha value is -6.05. The Bertz CT molecular complexity index is 3570. The van der Waals surface area contributed by atoms with Gasteiger partial charge in [-0.3, -0.25) is 29.7 Å². The molecule has 16 heteroatoms. The molecule has 3 aromatic carbocycles. The molecule has 3 aliphatic heterocycles. The minimum Gasteiger partial charge on any atom is -0.331 e. The first-order chi connectivity index (χ1) is 40.8. The SMILES string of the molecule is CC1=Cc2ccccc2C(N2CCN(C)CC2)c2ncc(Br)cc21.Cc1nccn1CC1=Cc2ccccc2C(N2CCN(C)CC2)c2ncc(Br)cc21.Cc1nccn1CC1=Cc2ccccc2C(N2CCN(C)CC2)c2ncc(Br)cc21. The summed E-state index contributed by atoms with van der Waals surface area (Å²) >= 11 is 10.9. The summed E-state index contributed by atoms with van der Waals surface area (Å²) in [4.78, 5) is 38.7. The van der Waals surface area contributed by atoms with Crippen molar-refractivity contribution in [1.82, 2.24) is 63.5 Å². The molecule has 14 rings (SSSR count). The fourth-order valence-corrected chi connectivity index (χ4v) is 13.9. The molecular formula is C68H74Br3N13. The van der Waals surface area contributed by atoms with Gasteiger partial charge in [0.05, 0.1) is 35.2 Å². The van der Waals surface area contributed by atoms with Crippen LogP contribution in [-0.2, 0) is 13.1 Å². The van der Waals surface area contributed by atoms with Gasteiger partial charge in [0, 0.05) is 165 Å². The summed E-state index contributed by atoms with van der Waals surface area (Å²) in [6.07, 6.45) is 20.6. The lowest BCUT2D eigenvalue weighted by Crippen LogP contribution is -2.46. The maximum atomic E-state index is 4.99. The highest BCUT2D eigenvalue weighted by atomic mass is 79.9. The molecule has 8 heterocycles. The summed E-state index contributed by atoms with van der Waals surface area (Å²) in [6.45, 7) is 20.7. The first-order valence-corrected chi connectivity index (χ1v) is 31.8. The van der Waals surface area contributed by atoms with Crippen LogP contribution in [0.15, 0.2) is 148 Å². The summed E-state index contributed by atoms with van der Waals surface area (Å²) in [5.41, 5.74) is 18.9. The number of benzene rings is 3. The Balaban J connectivity index is 0.000000125. The lowest BCUT2D eigenvalue weighted by molar-refractivity contribution is 0.125. The number of allylic oxidation sites excluding steroid dienone is 3. The number of aromatic nitrogens is 7. The van der Waals surface area contributed by atoms with Crippen molar-refractivity contribution in [3.8, 4) is 0 Å². The lowest BCUT2D eigenvalue weighted by Gasteiger charge is -2.38. The van der Waals surface area contributed by atoms with Gasteiger partial charge in [-0.1, -0.05) is 78.9 Å². The molecule has 432 valence electrons. The molecular weight excluding hydrogens is 1240 g/mol. The number of nitrogens with zero attached hydrogens (tertiary/aromatic N) is 13. The van der Waals surface area contributed by atoms with Crippen molar-refractivity contribution in [2.75, 3.05) is 99.7 Å². The number of rotatable bonds is 7. The zero-order valence-electron chi connectivity index (χ0n) is 49.0. The number of imidazole rings is 2. The molecule has 0 radical (unpaired) electrons. The van der Waals surface area contributed by atoms with Gasteiger partial charge in [0.2, 0.25) is 0 Å². The van der Waals surface area contributed by atoms with E-state index in [9.17, 15) is 0 Å². The molecule has 0 spiro atoms. The number of aryl methyl sites for hydroxylation is 2. The third kappa shape index (κ3) is 12.6. The van der Waals surface area contributed by atoms with Crippen LogP contribution in [0, 0.1) is 13.8 Å². The van der Waals surface area contributed by atoms with E-state index in [0.717, 1.165) is 128 Å². The number of hydrogen-bond donors (Lipinski definition) is 0. The molecule has 0 bridgehead atoms. The maximum Gasteiger partial charge on any atom is 0.105 e. The van der Waals surface area contributed by atoms with Gasteiger partial charge >= 0.3 is 0 Å². The molecule has 3 aliphatic carbocycles. The van der Waals surface area contributed by atoms with Crippen LogP contribution in [0.25, 0.3) is 34.9 Å². The van der Waals surface area contributed by atoms with E-state index in [-0.39, 0.29) is 18.1 Å². The third-order valence-electron chi connectivity index (χ3n) is 17.7. The topological polar surface area (TPSA) is 93.8 Å². The van der Waals surface area contributed by atoms with Crippen molar-refractivity contribution < 1.29 is 0 Å². The van der Waals surface area contributed by atoms with Crippen LogP contribution in [0.2, 0.25) is 0 Å². The van der Waals surface area contributed by atoms with E-state index < -0.39 is 0 Å². The van der Waals surface area contributed by atoms with Crippen molar-refractivity contribution in [3.63, 3.8) is 0 Å². The minimum absolute atomic E-state index is 0.163. The quantitative estimate of drug-likeness (QED) is 0.153. The average Bonchev–Trinajstić information content (AvgIpc) is 3.56. The molecule has 3 saturated heterocycles. The Morgan fingerprint density at radius 2 is 0.726 bits per heavy atom. The Morgan fingerprint density at radius 1 is 0.405 bits per heavy atom. The zero-order chi connectivity index (χ0) is 58.0. The van der Waals surface area contributed by atoms with Crippen molar-refractivity contribution in [1.29, 1.82) is 0 Å². The van der Waals surface area contributed by atoms with Gasteiger partial charge in [0.1, 0.15) is 11.6 Å². The van der Waals surface area contributed by atoms with Crippen LogP contribution in [0.5, 0.6) is 0 Å². The molecule has 3 fully saturated rings. The molecule has 0 N–H and O–H groups in total. The first kappa shape index (κ1) is 58.3. The van der Waals surface area contributed by atoms with Crippen LogP contribution in [0.1, 0.15) is 104 Å². The Morgan fingerprint density at radius 3 is 1.07 bits per heavy atom. The largest absolute Gasteiger partial charge is 0.331 e. The molecule has 13 nitrogen and oxygen atoms in total. The van der Waals surface area contributed by atoms with Crippen molar-refractivity contribution in [2.45, 2.75) is 52.0 Å². The predicted octanol–water partition coefficient (Wildman–Crippen LogP) is 12.5. The summed E-state index contributed by atoms with van der Waals surface area (Å²) in [6, 6.07) is 33.6. The second-order valence-electron chi connectivity index (χ2n) is 23.2. The fourth-order valence-electron chi connectivity index (χ4n) is 12.9. The van der Waals surface area contributed by atoms with Gasteiger partial charge in [-0.05, 0) is 170 Å². The standard InChI is InChI=1S/2C24H26BrN5.C20H22BrN3/c2*1-17-26-7-8-30(17)16-19-13-18-5-3-4-6-21(18)24(29-11-9-28(2)10-12-29)23-22(19)14-20(25)15-27-23;1-14-11-15-5-3-4-6-17(15)20(24-9-7-23(2)8-10-24)19-18(14)12-16(21)13-22-19/h2*3-8,13-15,24H,9-12,16H2,1-2H3;3-6,11-13,20H,7-10H2,1-2H3. The van der Waals surface area contributed by atoms with Crippen molar-refractivity contribution in [2.24, 2.45) is 0 Å². The first-order valence-electron chi connectivity index (χ1n) is 29.4. The summed E-state index contributed by atoms with van der Waals surface area (Å²) < 4.78 is 7.47. The summed E-state index contributed by atoms with van der Waals surface area (Å²) in [5, 5.41) is 0. The Labute approximate surface area is 520 Å². The van der Waals surface area contributed by atoms with Gasteiger partial charge in [0.15, 0.2) is 0 Å². The van der Waals surface area contributed by atoms with Gasteiger partial charge in [-0.15, -0.1) is 0 Å². The molecule has 8 aromatic rings. The van der Waals surface area contributed by atoms with E-state index in [1.807, 2.05) is 31.0 Å². The normalized spacial score (nSPS) is 20.2. The van der Waals surface area contributed by atoms with Crippen LogP contribution in [-0.4, -0.2) is 163 Å². The summed E-state index contributed by atoms with van der Waals surface area (Å²) in [7, 11) is 6.61. The number of piperazine rings is 3. The fraction of sp³-hybridized carbons (Fsp3) is 0.338. The minimum atomic E-state index is 0.163. The highest BCUT2D eigenvalue weighted by Crippen LogP contribution is 2.44. The van der Waals surface area contributed by atoms with Gasteiger partial charge < -0.3 is 23.8 Å². The van der Waals surface area contributed by atoms with Crippen molar-refractivity contribution >= 4 is 82.7 Å². The zero-order valence-corrected chi connectivity index (χ0v) is 53.8. The number of halogens is 3. The Kier molecular flexibility index (Phi) is 18.0. The van der Waals surface area contributed by atoms with Gasteiger partial charge in [0.25, 0.3) is 0 Å². The van der Waals surface area contributed by atoms with Crippen LogP contribution >= 0.6 is 47.8 Å². The highest BCUT2D eigenvalue weighted by Gasteiger charge is 2.36. The van der Waals surface area contributed by atoms with E-state index in [4.69, 9.17) is 15.0 Å². The van der Waals surface area contributed by atoms with E-state index in [1.54, 1.807) is 0 Å².